The zero-order chi connectivity index (χ0) is 11.9. The van der Waals surface area contributed by atoms with Crippen molar-refractivity contribution in [3.05, 3.63) is 54.2 Å². The van der Waals surface area contributed by atoms with Gasteiger partial charge in [0.05, 0.1) is 6.26 Å². The number of nitrogens with one attached hydrogen (secondary N) is 1. The van der Waals surface area contributed by atoms with Crippen molar-refractivity contribution < 1.29 is 4.42 Å². The molecule has 0 aliphatic heterocycles. The molecule has 0 saturated carbocycles. The van der Waals surface area contributed by atoms with E-state index < -0.39 is 0 Å². The molecule has 0 bridgehead atoms. The Labute approximate surface area is 102 Å². The summed E-state index contributed by atoms with van der Waals surface area (Å²) in [5, 5.41) is 3.34. The second-order valence-corrected chi connectivity index (χ2v) is 4.17. The Bertz CT molecular complexity index is 411. The molecule has 1 atom stereocenters. The van der Waals surface area contributed by atoms with Gasteiger partial charge in [0.1, 0.15) is 5.76 Å². The monoisotopic (exact) mass is 230 g/mol. The molecule has 0 aliphatic carbocycles. The van der Waals surface area contributed by atoms with Gasteiger partial charge in [-0.15, -0.1) is 0 Å². The predicted octanol–water partition coefficient (Wildman–Crippen LogP) is 2.44. The van der Waals surface area contributed by atoms with E-state index in [1.165, 1.54) is 5.56 Å². The summed E-state index contributed by atoms with van der Waals surface area (Å²) in [6, 6.07) is 8.52. The van der Waals surface area contributed by atoms with Gasteiger partial charge in [0.15, 0.2) is 0 Å². The fourth-order valence-corrected chi connectivity index (χ4v) is 1.92. The highest BCUT2D eigenvalue weighted by molar-refractivity contribution is 5.10. The van der Waals surface area contributed by atoms with E-state index in [-0.39, 0.29) is 0 Å². The minimum absolute atomic E-state index is 0.462. The van der Waals surface area contributed by atoms with Gasteiger partial charge in [0.25, 0.3) is 0 Å². The normalized spacial score (nSPS) is 12.5. The Morgan fingerprint density at radius 2 is 2.29 bits per heavy atom. The molecular weight excluding hydrogens is 212 g/mol. The van der Waals surface area contributed by atoms with Gasteiger partial charge < -0.3 is 9.73 Å². The van der Waals surface area contributed by atoms with Crippen molar-refractivity contribution in [3.8, 4) is 0 Å². The van der Waals surface area contributed by atoms with Gasteiger partial charge in [-0.2, -0.15) is 0 Å². The van der Waals surface area contributed by atoms with Crippen molar-refractivity contribution in [1.29, 1.82) is 0 Å². The van der Waals surface area contributed by atoms with Crippen molar-refractivity contribution in [2.75, 3.05) is 7.05 Å². The summed E-state index contributed by atoms with van der Waals surface area (Å²) in [7, 11) is 2.00. The first-order chi connectivity index (χ1) is 8.38. The molecule has 0 fully saturated rings. The van der Waals surface area contributed by atoms with E-state index in [9.17, 15) is 0 Å². The van der Waals surface area contributed by atoms with Crippen LogP contribution in [0.1, 0.15) is 17.7 Å². The van der Waals surface area contributed by atoms with Gasteiger partial charge in [-0.25, -0.2) is 0 Å². The number of nitrogens with zero attached hydrogens (tertiary/aromatic N) is 1. The van der Waals surface area contributed by atoms with Gasteiger partial charge in [-0.1, -0.05) is 6.07 Å². The first-order valence-corrected chi connectivity index (χ1v) is 5.97. The molecule has 2 aromatic rings. The summed E-state index contributed by atoms with van der Waals surface area (Å²) in [5.74, 6) is 1.05. The van der Waals surface area contributed by atoms with Crippen molar-refractivity contribution in [2.24, 2.45) is 0 Å². The van der Waals surface area contributed by atoms with Crippen LogP contribution >= 0.6 is 0 Å². The molecule has 0 saturated heterocycles. The lowest BCUT2D eigenvalue weighted by Crippen LogP contribution is -2.28. The molecule has 0 amide bonds. The summed E-state index contributed by atoms with van der Waals surface area (Å²) in [5.41, 5.74) is 1.27. The van der Waals surface area contributed by atoms with Crippen molar-refractivity contribution >= 4 is 0 Å². The second-order valence-electron chi connectivity index (χ2n) is 4.17. The Kier molecular flexibility index (Phi) is 4.33. The zero-order valence-corrected chi connectivity index (χ0v) is 10.1. The van der Waals surface area contributed by atoms with E-state index in [4.69, 9.17) is 4.42 Å². The molecule has 1 N–H and O–H groups in total. The minimum atomic E-state index is 0.462. The quantitative estimate of drug-likeness (QED) is 0.828. The Morgan fingerprint density at radius 1 is 1.35 bits per heavy atom. The summed E-state index contributed by atoms with van der Waals surface area (Å²) in [6.07, 6.45) is 8.51. The van der Waals surface area contributed by atoms with Crippen LogP contribution in [-0.4, -0.2) is 18.1 Å². The Hall–Kier alpha value is -1.61. The number of rotatable bonds is 6. The zero-order valence-electron chi connectivity index (χ0n) is 10.1. The molecule has 0 spiro atoms. The maximum Gasteiger partial charge on any atom is 0.103 e. The third-order valence-electron chi connectivity index (χ3n) is 2.93. The highest BCUT2D eigenvalue weighted by Gasteiger charge is 2.08. The second kappa shape index (κ2) is 6.21. The average molecular weight is 230 g/mol. The third kappa shape index (κ3) is 3.71. The van der Waals surface area contributed by atoms with E-state index in [2.05, 4.69) is 16.4 Å². The number of likely N-dealkylation sites (N-methyl/N-ethyl adjacent to an activating group) is 1. The number of hydrogen-bond acceptors (Lipinski definition) is 3. The molecule has 3 heteroatoms. The standard InChI is InChI=1S/C14H18N2O/c1-15-13(6-7-14-5-3-9-17-14)10-12-4-2-8-16-11-12/h2-5,8-9,11,13,15H,6-7,10H2,1H3. The largest absolute Gasteiger partial charge is 0.469 e. The molecule has 90 valence electrons. The van der Waals surface area contributed by atoms with Crippen LogP contribution in [0.2, 0.25) is 0 Å². The lowest BCUT2D eigenvalue weighted by atomic mass is 10.0. The third-order valence-corrected chi connectivity index (χ3v) is 2.93. The topological polar surface area (TPSA) is 38.1 Å². The van der Waals surface area contributed by atoms with E-state index in [1.54, 1.807) is 12.5 Å². The van der Waals surface area contributed by atoms with Crippen LogP contribution in [0, 0.1) is 0 Å². The van der Waals surface area contributed by atoms with E-state index >= 15 is 0 Å². The molecule has 2 aromatic heterocycles. The first kappa shape index (κ1) is 11.9. The first-order valence-electron chi connectivity index (χ1n) is 5.97. The number of furan rings is 1. The predicted molar refractivity (Wildman–Crippen MR) is 67.8 cm³/mol. The van der Waals surface area contributed by atoms with Crippen LogP contribution in [0.4, 0.5) is 0 Å². The summed E-state index contributed by atoms with van der Waals surface area (Å²) >= 11 is 0. The van der Waals surface area contributed by atoms with Crippen molar-refractivity contribution in [1.82, 2.24) is 10.3 Å². The molecule has 3 nitrogen and oxygen atoms in total. The molecule has 1 unspecified atom stereocenters. The van der Waals surface area contributed by atoms with Crippen LogP contribution in [0.15, 0.2) is 47.3 Å². The van der Waals surface area contributed by atoms with Crippen LogP contribution in [-0.2, 0) is 12.8 Å². The molecule has 0 radical (unpaired) electrons. The number of pyridine rings is 1. The van der Waals surface area contributed by atoms with Crippen LogP contribution in [0.3, 0.4) is 0 Å². The molecular formula is C14H18N2O. The van der Waals surface area contributed by atoms with Gasteiger partial charge in [-0.3, -0.25) is 4.98 Å². The summed E-state index contributed by atoms with van der Waals surface area (Å²) in [6.45, 7) is 0. The van der Waals surface area contributed by atoms with Crippen LogP contribution < -0.4 is 5.32 Å². The highest BCUT2D eigenvalue weighted by Crippen LogP contribution is 2.09. The van der Waals surface area contributed by atoms with E-state index in [0.29, 0.717) is 6.04 Å². The molecule has 2 rings (SSSR count). The van der Waals surface area contributed by atoms with Gasteiger partial charge in [0.2, 0.25) is 0 Å². The molecule has 0 aliphatic rings. The van der Waals surface area contributed by atoms with Gasteiger partial charge in [0, 0.05) is 24.9 Å². The van der Waals surface area contributed by atoms with Crippen LogP contribution in [0.25, 0.3) is 0 Å². The average Bonchev–Trinajstić information content (AvgIpc) is 2.89. The van der Waals surface area contributed by atoms with E-state index in [1.807, 2.05) is 31.4 Å². The molecule has 17 heavy (non-hydrogen) atoms. The fraction of sp³-hybridized carbons (Fsp3) is 0.357. The van der Waals surface area contributed by atoms with Crippen molar-refractivity contribution in [3.63, 3.8) is 0 Å². The fourth-order valence-electron chi connectivity index (χ4n) is 1.92. The van der Waals surface area contributed by atoms with E-state index in [0.717, 1.165) is 25.0 Å². The maximum atomic E-state index is 5.34. The lowest BCUT2D eigenvalue weighted by Gasteiger charge is -2.15. The summed E-state index contributed by atoms with van der Waals surface area (Å²) in [4.78, 5) is 4.14. The Balaban J connectivity index is 1.85. The number of aryl methyl sites for hydroxylation is 1. The smallest absolute Gasteiger partial charge is 0.103 e. The van der Waals surface area contributed by atoms with Crippen molar-refractivity contribution in [2.45, 2.75) is 25.3 Å². The Morgan fingerprint density at radius 3 is 2.94 bits per heavy atom. The summed E-state index contributed by atoms with van der Waals surface area (Å²) < 4.78 is 5.34. The van der Waals surface area contributed by atoms with Gasteiger partial charge >= 0.3 is 0 Å². The van der Waals surface area contributed by atoms with Gasteiger partial charge in [-0.05, 0) is 43.7 Å². The number of hydrogen-bond donors (Lipinski definition) is 1. The SMILES string of the molecule is CNC(CCc1ccco1)Cc1cccnc1. The van der Waals surface area contributed by atoms with Crippen LogP contribution in [0.5, 0.6) is 0 Å². The molecule has 0 aromatic carbocycles. The highest BCUT2D eigenvalue weighted by atomic mass is 16.3. The minimum Gasteiger partial charge on any atom is -0.469 e. The lowest BCUT2D eigenvalue weighted by molar-refractivity contribution is 0.460. The molecule has 2 heterocycles. The number of aromatic nitrogens is 1. The maximum absolute atomic E-state index is 5.34.